The Morgan fingerprint density at radius 3 is 2.39 bits per heavy atom. The van der Waals surface area contributed by atoms with Crippen molar-refractivity contribution in [3.63, 3.8) is 0 Å². The van der Waals surface area contributed by atoms with Crippen LogP contribution in [0.3, 0.4) is 0 Å². The summed E-state index contributed by atoms with van der Waals surface area (Å²) in [5, 5.41) is 0. The van der Waals surface area contributed by atoms with Crippen LogP contribution < -0.4 is 5.73 Å². The predicted octanol–water partition coefficient (Wildman–Crippen LogP) is 2.08. The zero-order chi connectivity index (χ0) is 13.4. The molecule has 0 atom stereocenters. The van der Waals surface area contributed by atoms with E-state index in [4.69, 9.17) is 5.73 Å². The third-order valence-corrected chi connectivity index (χ3v) is 3.10. The van der Waals surface area contributed by atoms with Gasteiger partial charge in [0.15, 0.2) is 0 Å². The van der Waals surface area contributed by atoms with Crippen LogP contribution in [-0.4, -0.2) is 50.6 Å². The van der Waals surface area contributed by atoms with E-state index in [2.05, 4.69) is 43.1 Å². The summed E-state index contributed by atoms with van der Waals surface area (Å²) < 4.78 is 0. The predicted molar refractivity (Wildman–Crippen MR) is 79.8 cm³/mol. The summed E-state index contributed by atoms with van der Waals surface area (Å²) in [5.74, 6) is 0. The van der Waals surface area contributed by atoms with E-state index in [1.54, 1.807) is 0 Å². The number of benzene rings is 1. The Morgan fingerprint density at radius 1 is 1.00 bits per heavy atom. The largest absolute Gasteiger partial charge is 0.399 e. The minimum absolute atomic E-state index is 0.867. The Balaban J connectivity index is 2.13. The number of hydrogen-bond acceptors (Lipinski definition) is 3. The minimum atomic E-state index is 0.867. The molecule has 18 heavy (non-hydrogen) atoms. The number of nitrogens with zero attached hydrogens (tertiary/aromatic N) is 2. The summed E-state index contributed by atoms with van der Waals surface area (Å²) >= 11 is 0. The van der Waals surface area contributed by atoms with Crippen LogP contribution in [0.4, 0.5) is 5.69 Å². The van der Waals surface area contributed by atoms with Crippen molar-refractivity contribution < 1.29 is 0 Å². The number of nitrogens with two attached hydrogens (primary N) is 1. The van der Waals surface area contributed by atoms with Crippen LogP contribution in [0.5, 0.6) is 0 Å². The molecule has 2 N–H and O–H groups in total. The molecule has 0 aliphatic rings. The fourth-order valence-corrected chi connectivity index (χ4v) is 2.07. The van der Waals surface area contributed by atoms with Gasteiger partial charge in [-0.1, -0.05) is 12.1 Å². The lowest BCUT2D eigenvalue weighted by Crippen LogP contribution is -2.24. The first kappa shape index (κ1) is 15.0. The van der Waals surface area contributed by atoms with Gasteiger partial charge in [0.2, 0.25) is 0 Å². The highest BCUT2D eigenvalue weighted by atomic mass is 15.1. The zero-order valence-electron chi connectivity index (χ0n) is 12.0. The highest BCUT2D eigenvalue weighted by molar-refractivity contribution is 5.40. The summed E-state index contributed by atoms with van der Waals surface area (Å²) in [6, 6.07) is 8.21. The molecule has 0 amide bonds. The molecule has 102 valence electrons. The Kier molecular flexibility index (Phi) is 6.76. The molecule has 1 aromatic rings. The molecule has 1 aromatic carbocycles. The van der Waals surface area contributed by atoms with Crippen molar-refractivity contribution in [3.05, 3.63) is 29.8 Å². The molecule has 0 aromatic heterocycles. The first-order valence-corrected chi connectivity index (χ1v) is 6.75. The fourth-order valence-electron chi connectivity index (χ4n) is 2.07. The van der Waals surface area contributed by atoms with Gasteiger partial charge in [0.25, 0.3) is 0 Å². The van der Waals surface area contributed by atoms with Gasteiger partial charge in [0, 0.05) is 5.69 Å². The standard InChI is InChI=1S/C15H27N3/c1-17(2)10-6-12-18(3)11-5-8-14-7-4-9-15(16)13-14/h4,7,9,13H,5-6,8,10-12,16H2,1-3H3. The quantitative estimate of drug-likeness (QED) is 0.716. The van der Waals surface area contributed by atoms with Gasteiger partial charge in [0.1, 0.15) is 0 Å². The van der Waals surface area contributed by atoms with Crippen LogP contribution in [0.15, 0.2) is 24.3 Å². The highest BCUT2D eigenvalue weighted by Gasteiger charge is 2.00. The van der Waals surface area contributed by atoms with Crippen molar-refractivity contribution in [3.8, 4) is 0 Å². The maximum atomic E-state index is 5.77. The molecule has 1 rings (SSSR count). The molecular formula is C15H27N3. The van der Waals surface area contributed by atoms with Gasteiger partial charge in [-0.2, -0.15) is 0 Å². The Labute approximate surface area is 112 Å². The number of hydrogen-bond donors (Lipinski definition) is 1. The van der Waals surface area contributed by atoms with Gasteiger partial charge in [-0.3, -0.25) is 0 Å². The number of nitrogen functional groups attached to an aromatic ring is 1. The first-order chi connectivity index (χ1) is 8.58. The van der Waals surface area contributed by atoms with Crippen LogP contribution in [0.1, 0.15) is 18.4 Å². The number of rotatable bonds is 8. The molecular weight excluding hydrogens is 222 g/mol. The van der Waals surface area contributed by atoms with Gasteiger partial charge in [-0.25, -0.2) is 0 Å². The van der Waals surface area contributed by atoms with E-state index in [-0.39, 0.29) is 0 Å². The molecule has 0 saturated carbocycles. The second-order valence-corrected chi connectivity index (χ2v) is 5.31. The monoisotopic (exact) mass is 249 g/mol. The van der Waals surface area contributed by atoms with Crippen LogP contribution in [0.2, 0.25) is 0 Å². The van der Waals surface area contributed by atoms with Crippen molar-refractivity contribution in [2.45, 2.75) is 19.3 Å². The van der Waals surface area contributed by atoms with Gasteiger partial charge in [-0.15, -0.1) is 0 Å². The molecule has 0 saturated heterocycles. The summed E-state index contributed by atoms with van der Waals surface area (Å²) in [7, 11) is 6.45. The van der Waals surface area contributed by atoms with E-state index in [0.717, 1.165) is 18.7 Å². The maximum absolute atomic E-state index is 5.77. The normalized spacial score (nSPS) is 11.4. The van der Waals surface area contributed by atoms with E-state index in [0.29, 0.717) is 0 Å². The van der Waals surface area contributed by atoms with Crippen molar-refractivity contribution >= 4 is 5.69 Å². The maximum Gasteiger partial charge on any atom is 0.0316 e. The lowest BCUT2D eigenvalue weighted by Gasteiger charge is -2.18. The SMILES string of the molecule is CN(C)CCCN(C)CCCc1cccc(N)c1. The van der Waals surface area contributed by atoms with Crippen LogP contribution in [0, 0.1) is 0 Å². The van der Waals surface area contributed by atoms with E-state index in [1.807, 2.05) is 12.1 Å². The topological polar surface area (TPSA) is 32.5 Å². The molecule has 0 spiro atoms. The average Bonchev–Trinajstić information content (AvgIpc) is 2.28. The van der Waals surface area contributed by atoms with Crippen molar-refractivity contribution in [2.75, 3.05) is 46.5 Å². The summed E-state index contributed by atoms with van der Waals surface area (Å²) in [6.07, 6.45) is 3.55. The first-order valence-electron chi connectivity index (χ1n) is 6.75. The third kappa shape index (κ3) is 6.62. The second kappa shape index (κ2) is 8.11. The number of anilines is 1. The summed E-state index contributed by atoms with van der Waals surface area (Å²) in [4.78, 5) is 4.65. The van der Waals surface area contributed by atoms with E-state index < -0.39 is 0 Å². The van der Waals surface area contributed by atoms with Crippen LogP contribution in [-0.2, 0) is 6.42 Å². The molecule has 0 heterocycles. The fraction of sp³-hybridized carbons (Fsp3) is 0.600. The third-order valence-electron chi connectivity index (χ3n) is 3.10. The minimum Gasteiger partial charge on any atom is -0.399 e. The Morgan fingerprint density at radius 2 is 1.72 bits per heavy atom. The molecule has 0 bridgehead atoms. The van der Waals surface area contributed by atoms with Gasteiger partial charge >= 0.3 is 0 Å². The summed E-state index contributed by atoms with van der Waals surface area (Å²) in [5.41, 5.74) is 7.98. The van der Waals surface area contributed by atoms with Crippen molar-refractivity contribution in [1.82, 2.24) is 9.80 Å². The smallest absolute Gasteiger partial charge is 0.0316 e. The molecule has 0 radical (unpaired) electrons. The molecule has 3 nitrogen and oxygen atoms in total. The van der Waals surface area contributed by atoms with Crippen LogP contribution >= 0.6 is 0 Å². The van der Waals surface area contributed by atoms with E-state index in [9.17, 15) is 0 Å². The molecule has 0 fully saturated rings. The Hall–Kier alpha value is -1.06. The zero-order valence-corrected chi connectivity index (χ0v) is 12.0. The lowest BCUT2D eigenvalue weighted by molar-refractivity contribution is 0.297. The Bertz CT molecular complexity index is 336. The molecule has 3 heteroatoms. The van der Waals surface area contributed by atoms with E-state index >= 15 is 0 Å². The highest BCUT2D eigenvalue weighted by Crippen LogP contribution is 2.08. The number of aryl methyl sites for hydroxylation is 1. The molecule has 0 unspecified atom stereocenters. The second-order valence-electron chi connectivity index (χ2n) is 5.31. The lowest BCUT2D eigenvalue weighted by atomic mass is 10.1. The van der Waals surface area contributed by atoms with Crippen molar-refractivity contribution in [1.29, 1.82) is 0 Å². The van der Waals surface area contributed by atoms with E-state index in [1.165, 1.54) is 31.5 Å². The summed E-state index contributed by atoms with van der Waals surface area (Å²) in [6.45, 7) is 3.50. The van der Waals surface area contributed by atoms with Crippen molar-refractivity contribution in [2.24, 2.45) is 0 Å². The van der Waals surface area contributed by atoms with Gasteiger partial charge in [-0.05, 0) is 77.7 Å². The van der Waals surface area contributed by atoms with Gasteiger partial charge < -0.3 is 15.5 Å². The molecule has 0 aliphatic heterocycles. The average molecular weight is 249 g/mol. The molecule has 0 aliphatic carbocycles. The van der Waals surface area contributed by atoms with Gasteiger partial charge in [0.05, 0.1) is 0 Å². The van der Waals surface area contributed by atoms with Crippen LogP contribution in [0.25, 0.3) is 0 Å².